The molecule has 0 aliphatic heterocycles. The van der Waals surface area contributed by atoms with Gasteiger partial charge in [0.25, 0.3) is 0 Å². The van der Waals surface area contributed by atoms with Crippen LogP contribution in [0.25, 0.3) is 0 Å². The van der Waals surface area contributed by atoms with Gasteiger partial charge in [-0.3, -0.25) is 4.79 Å². The Kier molecular flexibility index (Phi) is 6.79. The van der Waals surface area contributed by atoms with Crippen molar-refractivity contribution in [3.05, 3.63) is 0 Å². The maximum absolute atomic E-state index is 11.8. The molecule has 1 aliphatic rings. The van der Waals surface area contributed by atoms with Crippen LogP contribution in [0.3, 0.4) is 0 Å². The Hall–Kier alpha value is -0.370. The second kappa shape index (κ2) is 7.86. The van der Waals surface area contributed by atoms with Crippen molar-refractivity contribution in [2.24, 2.45) is 11.1 Å². The maximum Gasteiger partial charge on any atom is 0.133 e. The summed E-state index contributed by atoms with van der Waals surface area (Å²) >= 11 is 0. The molecule has 0 radical (unpaired) electrons. The van der Waals surface area contributed by atoms with Gasteiger partial charge in [0, 0.05) is 12.8 Å². The molecule has 1 fully saturated rings. The smallest absolute Gasteiger partial charge is 0.133 e. The van der Waals surface area contributed by atoms with Gasteiger partial charge < -0.3 is 5.73 Å². The lowest BCUT2D eigenvalue weighted by atomic mass is 9.65. The zero-order valence-electron chi connectivity index (χ0n) is 11.5. The number of nitrogens with two attached hydrogens (primary N) is 1. The molecule has 0 atom stereocenters. The lowest BCUT2D eigenvalue weighted by Crippen LogP contribution is -2.39. The van der Waals surface area contributed by atoms with E-state index in [0.717, 1.165) is 19.3 Å². The third-order valence-electron chi connectivity index (χ3n) is 4.23. The third kappa shape index (κ3) is 5.20. The van der Waals surface area contributed by atoms with Crippen molar-refractivity contribution in [3.8, 4) is 0 Å². The normalized spacial score (nSPS) is 17.8. The Bertz CT molecular complexity index is 215. The van der Waals surface area contributed by atoms with Crippen molar-refractivity contribution in [3.63, 3.8) is 0 Å². The van der Waals surface area contributed by atoms with Gasteiger partial charge >= 0.3 is 0 Å². The van der Waals surface area contributed by atoms with E-state index in [9.17, 15) is 4.79 Å². The summed E-state index contributed by atoms with van der Waals surface area (Å²) in [4.78, 5) is 11.8. The Morgan fingerprint density at radius 1 is 1.12 bits per heavy atom. The molecule has 0 aromatic carbocycles. The third-order valence-corrected chi connectivity index (χ3v) is 4.23. The lowest BCUT2D eigenvalue weighted by molar-refractivity contribution is -0.122. The van der Waals surface area contributed by atoms with Gasteiger partial charge in [-0.2, -0.15) is 0 Å². The average Bonchev–Trinajstić information content (AvgIpc) is 2.28. The molecule has 0 bridgehead atoms. The SMILES string of the molecule is CCCCCCCCC(=O)CC1(CN)CCC1. The first-order valence-corrected chi connectivity index (χ1v) is 7.44. The number of rotatable bonds is 10. The molecule has 0 heterocycles. The predicted molar refractivity (Wildman–Crippen MR) is 73.0 cm³/mol. The molecule has 0 amide bonds. The minimum atomic E-state index is 0.208. The van der Waals surface area contributed by atoms with Crippen LogP contribution in [0.1, 0.15) is 77.6 Å². The van der Waals surface area contributed by atoms with E-state index in [0.29, 0.717) is 12.3 Å². The first-order valence-electron chi connectivity index (χ1n) is 7.44. The molecule has 2 N–H and O–H groups in total. The number of ketones is 1. The number of hydrogen-bond acceptors (Lipinski definition) is 2. The summed E-state index contributed by atoms with van der Waals surface area (Å²) < 4.78 is 0. The largest absolute Gasteiger partial charge is 0.330 e. The minimum Gasteiger partial charge on any atom is -0.330 e. The quantitative estimate of drug-likeness (QED) is 0.589. The molecule has 17 heavy (non-hydrogen) atoms. The molecule has 1 aliphatic carbocycles. The van der Waals surface area contributed by atoms with Gasteiger partial charge in [0.15, 0.2) is 0 Å². The van der Waals surface area contributed by atoms with E-state index in [4.69, 9.17) is 5.73 Å². The Morgan fingerprint density at radius 3 is 2.29 bits per heavy atom. The molecule has 0 spiro atoms. The van der Waals surface area contributed by atoms with Gasteiger partial charge in [-0.15, -0.1) is 0 Å². The summed E-state index contributed by atoms with van der Waals surface area (Å²) in [6.45, 7) is 2.93. The van der Waals surface area contributed by atoms with Crippen LogP contribution in [-0.4, -0.2) is 12.3 Å². The fourth-order valence-electron chi connectivity index (χ4n) is 2.74. The zero-order valence-corrected chi connectivity index (χ0v) is 11.5. The summed E-state index contributed by atoms with van der Waals surface area (Å²) in [5.41, 5.74) is 5.98. The maximum atomic E-state index is 11.8. The van der Waals surface area contributed by atoms with E-state index < -0.39 is 0 Å². The summed E-state index contributed by atoms with van der Waals surface area (Å²) in [5, 5.41) is 0. The summed E-state index contributed by atoms with van der Waals surface area (Å²) in [5.74, 6) is 0.450. The van der Waals surface area contributed by atoms with Crippen molar-refractivity contribution in [2.45, 2.75) is 77.6 Å². The van der Waals surface area contributed by atoms with Gasteiger partial charge in [-0.05, 0) is 31.2 Å². The van der Waals surface area contributed by atoms with Crippen LogP contribution in [0.2, 0.25) is 0 Å². The highest BCUT2D eigenvalue weighted by atomic mass is 16.1. The molecule has 0 unspecified atom stereocenters. The summed E-state index contributed by atoms with van der Waals surface area (Å²) in [7, 11) is 0. The fourth-order valence-corrected chi connectivity index (χ4v) is 2.74. The van der Waals surface area contributed by atoms with Gasteiger partial charge in [-0.25, -0.2) is 0 Å². The van der Waals surface area contributed by atoms with Crippen LogP contribution in [-0.2, 0) is 4.79 Å². The number of hydrogen-bond donors (Lipinski definition) is 1. The fraction of sp³-hybridized carbons (Fsp3) is 0.933. The summed E-state index contributed by atoms with van der Waals surface area (Å²) in [6.07, 6.45) is 12.7. The monoisotopic (exact) mass is 239 g/mol. The first-order chi connectivity index (χ1) is 8.22. The molecule has 2 nitrogen and oxygen atoms in total. The lowest BCUT2D eigenvalue weighted by Gasteiger charge is -2.40. The van der Waals surface area contributed by atoms with Gasteiger partial charge in [0.2, 0.25) is 0 Å². The molecule has 2 heteroatoms. The van der Waals surface area contributed by atoms with Gasteiger partial charge in [-0.1, -0.05) is 45.4 Å². The highest BCUT2D eigenvalue weighted by molar-refractivity contribution is 5.79. The van der Waals surface area contributed by atoms with E-state index in [1.54, 1.807) is 0 Å². The van der Waals surface area contributed by atoms with Gasteiger partial charge in [0.05, 0.1) is 0 Å². The number of unbranched alkanes of at least 4 members (excludes halogenated alkanes) is 5. The van der Waals surface area contributed by atoms with Crippen LogP contribution >= 0.6 is 0 Å². The number of Topliss-reactive ketones (excluding diaryl/α,β-unsaturated/α-hetero) is 1. The van der Waals surface area contributed by atoms with Crippen LogP contribution in [0.15, 0.2) is 0 Å². The summed E-state index contributed by atoms with van der Waals surface area (Å²) in [6, 6.07) is 0. The standard InChI is InChI=1S/C15H29NO/c1-2-3-4-5-6-7-9-14(17)12-15(13-16)10-8-11-15/h2-13,16H2,1H3. The minimum absolute atomic E-state index is 0.208. The highest BCUT2D eigenvalue weighted by Crippen LogP contribution is 2.43. The molecular formula is C15H29NO. The second-order valence-electron chi connectivity index (χ2n) is 5.79. The van der Waals surface area contributed by atoms with Crippen molar-refractivity contribution >= 4 is 5.78 Å². The molecule has 100 valence electrons. The van der Waals surface area contributed by atoms with Crippen molar-refractivity contribution in [1.82, 2.24) is 0 Å². The molecule has 1 rings (SSSR count). The van der Waals surface area contributed by atoms with E-state index >= 15 is 0 Å². The van der Waals surface area contributed by atoms with Crippen LogP contribution < -0.4 is 5.73 Å². The molecule has 0 saturated heterocycles. The molecule has 0 aromatic heterocycles. The number of carbonyl (C=O) groups is 1. The van der Waals surface area contributed by atoms with Gasteiger partial charge in [0.1, 0.15) is 5.78 Å². The molecular weight excluding hydrogens is 210 g/mol. The van der Waals surface area contributed by atoms with Crippen LogP contribution in [0, 0.1) is 5.41 Å². The Morgan fingerprint density at radius 2 is 1.76 bits per heavy atom. The highest BCUT2D eigenvalue weighted by Gasteiger charge is 2.36. The second-order valence-corrected chi connectivity index (χ2v) is 5.79. The Balaban J connectivity index is 2.01. The van der Waals surface area contributed by atoms with Crippen molar-refractivity contribution in [2.75, 3.05) is 6.54 Å². The predicted octanol–water partition coefficient (Wildman–Crippen LogP) is 3.83. The van der Waals surface area contributed by atoms with E-state index in [-0.39, 0.29) is 5.41 Å². The van der Waals surface area contributed by atoms with Crippen molar-refractivity contribution < 1.29 is 4.79 Å². The molecule has 1 saturated carbocycles. The van der Waals surface area contributed by atoms with Crippen LogP contribution in [0.4, 0.5) is 0 Å². The topological polar surface area (TPSA) is 43.1 Å². The number of carbonyl (C=O) groups excluding carboxylic acids is 1. The average molecular weight is 239 g/mol. The Labute approximate surface area is 106 Å². The van der Waals surface area contributed by atoms with E-state index in [1.807, 2.05) is 0 Å². The van der Waals surface area contributed by atoms with Crippen LogP contribution in [0.5, 0.6) is 0 Å². The molecule has 0 aromatic rings. The van der Waals surface area contributed by atoms with E-state index in [2.05, 4.69) is 6.92 Å². The van der Waals surface area contributed by atoms with E-state index in [1.165, 1.54) is 51.4 Å². The zero-order chi connectivity index (χ0) is 12.6. The van der Waals surface area contributed by atoms with Crippen molar-refractivity contribution in [1.29, 1.82) is 0 Å². The first kappa shape index (κ1) is 14.7.